The highest BCUT2D eigenvalue weighted by Crippen LogP contribution is 2.40. The minimum absolute atomic E-state index is 0.126. The number of nitrogens with two attached hydrogens (primary N) is 1. The van der Waals surface area contributed by atoms with E-state index >= 15 is 0 Å². The topological polar surface area (TPSA) is 63.0 Å². The standard InChI is InChI=1S/C17H11ClN2O/c18-13-8-6-11(7-9-13)15-14(10-19)17(20)21-16(15)12-4-2-1-3-5-12/h1-9H,20H2. The lowest BCUT2D eigenvalue weighted by molar-refractivity contribution is 0.603. The van der Waals surface area contributed by atoms with Gasteiger partial charge in [-0.3, -0.25) is 0 Å². The van der Waals surface area contributed by atoms with Crippen LogP contribution in [-0.2, 0) is 0 Å². The first-order valence-electron chi connectivity index (χ1n) is 6.34. The number of nitriles is 1. The van der Waals surface area contributed by atoms with Crippen molar-refractivity contribution >= 4 is 17.5 Å². The molecule has 2 aromatic carbocycles. The van der Waals surface area contributed by atoms with Gasteiger partial charge in [-0.05, 0) is 17.7 Å². The molecule has 0 atom stereocenters. The number of rotatable bonds is 2. The summed E-state index contributed by atoms with van der Waals surface area (Å²) in [4.78, 5) is 0. The molecule has 0 aliphatic rings. The number of furan rings is 1. The van der Waals surface area contributed by atoms with Crippen LogP contribution in [0.3, 0.4) is 0 Å². The lowest BCUT2D eigenvalue weighted by atomic mass is 9.98. The summed E-state index contributed by atoms with van der Waals surface area (Å²) >= 11 is 5.92. The lowest BCUT2D eigenvalue weighted by Crippen LogP contribution is -1.86. The van der Waals surface area contributed by atoms with Crippen LogP contribution in [0.15, 0.2) is 59.0 Å². The Kier molecular flexibility index (Phi) is 3.39. The Morgan fingerprint density at radius 2 is 1.62 bits per heavy atom. The predicted molar refractivity (Wildman–Crippen MR) is 83.7 cm³/mol. The zero-order valence-electron chi connectivity index (χ0n) is 11.0. The van der Waals surface area contributed by atoms with Crippen molar-refractivity contribution < 1.29 is 4.42 Å². The monoisotopic (exact) mass is 294 g/mol. The van der Waals surface area contributed by atoms with E-state index in [0.29, 0.717) is 21.9 Å². The van der Waals surface area contributed by atoms with Gasteiger partial charge in [0.05, 0.1) is 0 Å². The van der Waals surface area contributed by atoms with Gasteiger partial charge in [0.1, 0.15) is 17.4 Å². The van der Waals surface area contributed by atoms with E-state index in [1.54, 1.807) is 12.1 Å². The van der Waals surface area contributed by atoms with Gasteiger partial charge >= 0.3 is 0 Å². The molecule has 1 heterocycles. The number of benzene rings is 2. The Morgan fingerprint density at radius 1 is 0.952 bits per heavy atom. The average Bonchev–Trinajstić information content (AvgIpc) is 2.85. The van der Waals surface area contributed by atoms with Gasteiger partial charge in [-0.15, -0.1) is 0 Å². The van der Waals surface area contributed by atoms with Crippen molar-refractivity contribution in [3.63, 3.8) is 0 Å². The highest BCUT2D eigenvalue weighted by molar-refractivity contribution is 6.30. The van der Waals surface area contributed by atoms with Crippen LogP contribution in [0.4, 0.5) is 5.88 Å². The molecule has 3 nitrogen and oxygen atoms in total. The Balaban J connectivity index is 2.27. The molecule has 4 heteroatoms. The molecule has 0 aliphatic heterocycles. The van der Waals surface area contributed by atoms with Crippen molar-refractivity contribution in [1.29, 1.82) is 5.26 Å². The van der Waals surface area contributed by atoms with Crippen molar-refractivity contribution in [1.82, 2.24) is 0 Å². The van der Waals surface area contributed by atoms with Crippen LogP contribution >= 0.6 is 11.6 Å². The molecule has 0 saturated carbocycles. The normalized spacial score (nSPS) is 10.3. The van der Waals surface area contributed by atoms with E-state index in [1.807, 2.05) is 42.5 Å². The Labute approximate surface area is 127 Å². The zero-order valence-corrected chi connectivity index (χ0v) is 11.8. The van der Waals surface area contributed by atoms with E-state index < -0.39 is 0 Å². The largest absolute Gasteiger partial charge is 0.439 e. The zero-order chi connectivity index (χ0) is 14.8. The first-order valence-corrected chi connectivity index (χ1v) is 6.72. The molecule has 0 aliphatic carbocycles. The molecule has 102 valence electrons. The summed E-state index contributed by atoms with van der Waals surface area (Å²) in [6.45, 7) is 0. The third kappa shape index (κ3) is 2.37. The van der Waals surface area contributed by atoms with Crippen LogP contribution in [-0.4, -0.2) is 0 Å². The molecule has 0 spiro atoms. The summed E-state index contributed by atoms with van der Waals surface area (Å²) in [7, 11) is 0. The summed E-state index contributed by atoms with van der Waals surface area (Å²) in [5.74, 6) is 0.716. The maximum atomic E-state index is 9.36. The van der Waals surface area contributed by atoms with Gasteiger partial charge in [-0.2, -0.15) is 5.26 Å². The second-order valence-electron chi connectivity index (χ2n) is 4.53. The van der Waals surface area contributed by atoms with E-state index in [2.05, 4.69) is 6.07 Å². The first kappa shape index (κ1) is 13.3. The lowest BCUT2D eigenvalue weighted by Gasteiger charge is -2.04. The molecule has 0 fully saturated rings. The number of hydrogen-bond donors (Lipinski definition) is 1. The van der Waals surface area contributed by atoms with Gasteiger partial charge in [0.15, 0.2) is 0 Å². The minimum atomic E-state index is 0.126. The summed E-state index contributed by atoms with van der Waals surface area (Å²) in [5.41, 5.74) is 8.59. The van der Waals surface area contributed by atoms with Crippen LogP contribution in [0, 0.1) is 11.3 Å². The van der Waals surface area contributed by atoms with Crippen molar-refractivity contribution in [2.45, 2.75) is 0 Å². The number of nitrogen functional groups attached to an aromatic ring is 1. The third-order valence-electron chi connectivity index (χ3n) is 3.22. The van der Waals surface area contributed by atoms with Gasteiger partial charge < -0.3 is 10.2 Å². The molecule has 0 radical (unpaired) electrons. The van der Waals surface area contributed by atoms with E-state index in [0.717, 1.165) is 11.1 Å². The van der Waals surface area contributed by atoms with Gasteiger partial charge in [-0.1, -0.05) is 54.1 Å². The number of halogens is 1. The van der Waals surface area contributed by atoms with Crippen LogP contribution in [0.5, 0.6) is 0 Å². The van der Waals surface area contributed by atoms with Crippen LogP contribution in [0.1, 0.15) is 5.56 Å². The summed E-state index contributed by atoms with van der Waals surface area (Å²) in [5, 5.41) is 9.99. The second kappa shape index (κ2) is 5.35. The van der Waals surface area contributed by atoms with Gasteiger partial charge in [0, 0.05) is 16.1 Å². The minimum Gasteiger partial charge on any atom is -0.439 e. The van der Waals surface area contributed by atoms with Crippen molar-refractivity contribution in [2.75, 3.05) is 5.73 Å². The van der Waals surface area contributed by atoms with Crippen LogP contribution < -0.4 is 5.73 Å². The summed E-state index contributed by atoms with van der Waals surface area (Å²) in [6.07, 6.45) is 0. The van der Waals surface area contributed by atoms with Crippen LogP contribution in [0.25, 0.3) is 22.5 Å². The molecule has 0 unspecified atom stereocenters. The predicted octanol–water partition coefficient (Wildman–Crippen LogP) is 4.72. The maximum Gasteiger partial charge on any atom is 0.209 e. The molecule has 0 saturated heterocycles. The molecular formula is C17H11ClN2O. The average molecular weight is 295 g/mol. The molecule has 1 aromatic heterocycles. The fourth-order valence-corrected chi connectivity index (χ4v) is 2.37. The molecule has 3 rings (SSSR count). The van der Waals surface area contributed by atoms with Crippen molar-refractivity contribution in [2.24, 2.45) is 0 Å². The quantitative estimate of drug-likeness (QED) is 0.743. The fraction of sp³-hybridized carbons (Fsp3) is 0. The number of anilines is 1. The fourth-order valence-electron chi connectivity index (χ4n) is 2.24. The second-order valence-corrected chi connectivity index (χ2v) is 4.97. The van der Waals surface area contributed by atoms with E-state index in [4.69, 9.17) is 21.8 Å². The molecule has 0 bridgehead atoms. The van der Waals surface area contributed by atoms with Crippen molar-refractivity contribution in [3.8, 4) is 28.5 Å². The molecular weight excluding hydrogens is 284 g/mol. The first-order chi connectivity index (χ1) is 10.2. The smallest absolute Gasteiger partial charge is 0.209 e. The van der Waals surface area contributed by atoms with Gasteiger partial charge in [0.25, 0.3) is 0 Å². The Morgan fingerprint density at radius 3 is 2.24 bits per heavy atom. The van der Waals surface area contributed by atoms with Crippen LogP contribution in [0.2, 0.25) is 5.02 Å². The maximum absolute atomic E-state index is 9.36. The number of nitrogens with zero attached hydrogens (tertiary/aromatic N) is 1. The Hall–Kier alpha value is -2.70. The van der Waals surface area contributed by atoms with Gasteiger partial charge in [-0.25, -0.2) is 0 Å². The van der Waals surface area contributed by atoms with E-state index in [1.165, 1.54) is 0 Å². The molecule has 2 N–H and O–H groups in total. The van der Waals surface area contributed by atoms with Crippen molar-refractivity contribution in [3.05, 3.63) is 65.2 Å². The molecule has 21 heavy (non-hydrogen) atoms. The van der Waals surface area contributed by atoms with Gasteiger partial charge in [0.2, 0.25) is 5.88 Å². The highest BCUT2D eigenvalue weighted by Gasteiger charge is 2.21. The SMILES string of the molecule is N#Cc1c(N)oc(-c2ccccc2)c1-c1ccc(Cl)cc1. The summed E-state index contributed by atoms with van der Waals surface area (Å²) in [6, 6.07) is 18.9. The van der Waals surface area contributed by atoms with E-state index in [9.17, 15) is 5.26 Å². The number of hydrogen-bond acceptors (Lipinski definition) is 3. The molecule has 0 amide bonds. The molecule has 3 aromatic rings. The Bertz CT molecular complexity index is 814. The highest BCUT2D eigenvalue weighted by atomic mass is 35.5. The van der Waals surface area contributed by atoms with E-state index in [-0.39, 0.29) is 5.88 Å². The third-order valence-corrected chi connectivity index (χ3v) is 3.47. The summed E-state index contributed by atoms with van der Waals surface area (Å²) < 4.78 is 5.63.